The number of hydrogen-bond donors (Lipinski definition) is 1. The highest BCUT2D eigenvalue weighted by atomic mass is 79.9. The maximum Gasteiger partial charge on any atom is 0.279 e. The van der Waals surface area contributed by atoms with Crippen LogP contribution in [0.2, 0.25) is 0 Å². The minimum Gasteiger partial charge on any atom is -0.202 e. The number of rotatable bonds is 6. The first-order chi connectivity index (χ1) is 7.95. The molecular formula is C11H17BrN2O2S. The molecule has 0 unspecified atom stereocenters. The molecule has 1 rings (SSSR count). The maximum atomic E-state index is 11.8. The van der Waals surface area contributed by atoms with Gasteiger partial charge in [0.05, 0.1) is 0 Å². The number of hydrogen-bond acceptors (Lipinski definition) is 2. The normalized spacial score (nSPS) is 12.0. The zero-order chi connectivity index (χ0) is 12.9. The van der Waals surface area contributed by atoms with E-state index in [-0.39, 0.29) is 0 Å². The predicted octanol–water partition coefficient (Wildman–Crippen LogP) is 2.13. The van der Waals surface area contributed by atoms with E-state index in [1.165, 1.54) is 4.31 Å². The lowest BCUT2D eigenvalue weighted by Gasteiger charge is -2.17. The van der Waals surface area contributed by atoms with Crippen LogP contribution in [-0.2, 0) is 16.8 Å². The maximum absolute atomic E-state index is 11.8. The zero-order valence-electron chi connectivity index (χ0n) is 9.98. The van der Waals surface area contributed by atoms with E-state index in [9.17, 15) is 8.42 Å². The van der Waals surface area contributed by atoms with E-state index in [0.717, 1.165) is 16.5 Å². The Bertz CT molecular complexity index is 462. The van der Waals surface area contributed by atoms with Crippen molar-refractivity contribution in [2.75, 3.05) is 13.6 Å². The first kappa shape index (κ1) is 14.6. The first-order valence-corrected chi connectivity index (χ1v) is 7.64. The highest BCUT2D eigenvalue weighted by molar-refractivity contribution is 9.10. The lowest BCUT2D eigenvalue weighted by molar-refractivity contribution is 0.455. The van der Waals surface area contributed by atoms with Crippen molar-refractivity contribution in [1.82, 2.24) is 9.03 Å². The largest absolute Gasteiger partial charge is 0.279 e. The van der Waals surface area contributed by atoms with Gasteiger partial charge in [-0.1, -0.05) is 35.0 Å². The van der Waals surface area contributed by atoms with Crippen LogP contribution in [0.1, 0.15) is 18.9 Å². The monoisotopic (exact) mass is 320 g/mol. The Balaban J connectivity index is 2.68. The molecule has 0 amide bonds. The summed E-state index contributed by atoms with van der Waals surface area (Å²) in [4.78, 5) is 0. The molecule has 0 bridgehead atoms. The molecule has 0 heterocycles. The van der Waals surface area contributed by atoms with E-state index in [1.54, 1.807) is 7.05 Å². The fraction of sp³-hybridized carbons (Fsp3) is 0.455. The van der Waals surface area contributed by atoms with Crippen LogP contribution in [0.4, 0.5) is 0 Å². The Morgan fingerprint density at radius 2 is 2.12 bits per heavy atom. The van der Waals surface area contributed by atoms with E-state index in [0.29, 0.717) is 13.1 Å². The molecule has 0 aliphatic carbocycles. The van der Waals surface area contributed by atoms with Crippen LogP contribution in [-0.4, -0.2) is 26.3 Å². The van der Waals surface area contributed by atoms with Gasteiger partial charge in [-0.3, -0.25) is 0 Å². The number of halogens is 1. The van der Waals surface area contributed by atoms with Crippen molar-refractivity contribution in [2.24, 2.45) is 0 Å². The summed E-state index contributed by atoms with van der Waals surface area (Å²) in [5.41, 5.74) is 0.948. The molecule has 0 saturated carbocycles. The third-order valence-corrected chi connectivity index (χ3v) is 4.25. The van der Waals surface area contributed by atoms with Crippen LogP contribution < -0.4 is 4.72 Å². The van der Waals surface area contributed by atoms with Gasteiger partial charge in [-0.05, 0) is 24.1 Å². The summed E-state index contributed by atoms with van der Waals surface area (Å²) in [6.45, 7) is 2.75. The minimum absolute atomic E-state index is 0.360. The second-order valence-corrected chi connectivity index (χ2v) is 6.56. The quantitative estimate of drug-likeness (QED) is 0.872. The molecule has 96 valence electrons. The van der Waals surface area contributed by atoms with Crippen molar-refractivity contribution < 1.29 is 8.42 Å². The summed E-state index contributed by atoms with van der Waals surface area (Å²) in [5.74, 6) is 0. The molecule has 0 aromatic heterocycles. The third kappa shape index (κ3) is 4.75. The van der Waals surface area contributed by atoms with Crippen molar-refractivity contribution in [3.8, 4) is 0 Å². The van der Waals surface area contributed by atoms with Crippen molar-refractivity contribution in [1.29, 1.82) is 0 Å². The Morgan fingerprint density at radius 1 is 1.41 bits per heavy atom. The van der Waals surface area contributed by atoms with Crippen molar-refractivity contribution in [3.05, 3.63) is 34.3 Å². The van der Waals surface area contributed by atoms with Gasteiger partial charge in [0.15, 0.2) is 0 Å². The molecule has 6 heteroatoms. The highest BCUT2D eigenvalue weighted by Gasteiger charge is 2.16. The number of nitrogens with zero attached hydrogens (tertiary/aromatic N) is 1. The average Bonchev–Trinajstić information content (AvgIpc) is 2.26. The van der Waals surface area contributed by atoms with Crippen molar-refractivity contribution in [3.63, 3.8) is 0 Å². The average molecular weight is 321 g/mol. The van der Waals surface area contributed by atoms with Gasteiger partial charge in [0, 0.05) is 24.6 Å². The van der Waals surface area contributed by atoms with Gasteiger partial charge in [0.25, 0.3) is 10.2 Å². The van der Waals surface area contributed by atoms with Gasteiger partial charge < -0.3 is 0 Å². The zero-order valence-corrected chi connectivity index (χ0v) is 12.4. The van der Waals surface area contributed by atoms with Gasteiger partial charge in [-0.25, -0.2) is 4.72 Å². The molecule has 0 radical (unpaired) electrons. The second kappa shape index (κ2) is 6.49. The molecule has 0 fully saturated rings. The summed E-state index contributed by atoms with van der Waals surface area (Å²) in [7, 11) is -1.80. The van der Waals surface area contributed by atoms with Crippen molar-refractivity contribution >= 4 is 26.1 Å². The van der Waals surface area contributed by atoms with Crippen LogP contribution in [0, 0.1) is 0 Å². The van der Waals surface area contributed by atoms with Crippen LogP contribution in [0.15, 0.2) is 28.7 Å². The van der Waals surface area contributed by atoms with Crippen LogP contribution >= 0.6 is 15.9 Å². The number of nitrogens with one attached hydrogen (secondary N) is 1. The summed E-state index contributed by atoms with van der Waals surface area (Å²) < 4.78 is 28.3. The Hall–Kier alpha value is -0.430. The summed E-state index contributed by atoms with van der Waals surface area (Å²) in [6.07, 6.45) is 0.782. The predicted molar refractivity (Wildman–Crippen MR) is 72.8 cm³/mol. The topological polar surface area (TPSA) is 49.4 Å². The lowest BCUT2D eigenvalue weighted by Crippen LogP contribution is -2.38. The van der Waals surface area contributed by atoms with Gasteiger partial charge in [0.2, 0.25) is 0 Å². The molecular weight excluding hydrogens is 304 g/mol. The lowest BCUT2D eigenvalue weighted by atomic mass is 10.2. The molecule has 4 nitrogen and oxygen atoms in total. The third-order valence-electron chi connectivity index (χ3n) is 2.24. The fourth-order valence-electron chi connectivity index (χ4n) is 1.32. The molecule has 1 N–H and O–H groups in total. The van der Waals surface area contributed by atoms with Gasteiger partial charge >= 0.3 is 0 Å². The van der Waals surface area contributed by atoms with E-state index < -0.39 is 10.2 Å². The molecule has 0 spiro atoms. The summed E-state index contributed by atoms with van der Waals surface area (Å²) >= 11 is 3.36. The van der Waals surface area contributed by atoms with E-state index in [2.05, 4.69) is 20.7 Å². The second-order valence-electron chi connectivity index (χ2n) is 3.79. The highest BCUT2D eigenvalue weighted by Crippen LogP contribution is 2.13. The van der Waals surface area contributed by atoms with E-state index in [1.807, 2.05) is 31.2 Å². The van der Waals surface area contributed by atoms with Crippen molar-refractivity contribution in [2.45, 2.75) is 19.9 Å². The van der Waals surface area contributed by atoms with E-state index in [4.69, 9.17) is 0 Å². The Kier molecular flexibility index (Phi) is 5.58. The smallest absolute Gasteiger partial charge is 0.202 e. The summed E-state index contributed by atoms with van der Waals surface area (Å²) in [5, 5.41) is 0. The molecule has 0 aliphatic rings. The molecule has 1 aromatic rings. The van der Waals surface area contributed by atoms with Gasteiger partial charge in [-0.15, -0.1) is 0 Å². The molecule has 0 atom stereocenters. The molecule has 1 aromatic carbocycles. The fourth-order valence-corrected chi connectivity index (χ4v) is 2.77. The molecule has 0 aliphatic heterocycles. The van der Waals surface area contributed by atoms with Crippen LogP contribution in [0.3, 0.4) is 0 Å². The minimum atomic E-state index is -3.37. The van der Waals surface area contributed by atoms with Crippen LogP contribution in [0.5, 0.6) is 0 Å². The van der Waals surface area contributed by atoms with Gasteiger partial charge in [-0.2, -0.15) is 12.7 Å². The Labute approximate surface area is 111 Å². The molecule has 17 heavy (non-hydrogen) atoms. The SMILES string of the molecule is CCCNS(=O)(=O)N(C)Cc1cccc(Br)c1. The van der Waals surface area contributed by atoms with E-state index >= 15 is 0 Å². The summed E-state index contributed by atoms with van der Waals surface area (Å²) in [6, 6.07) is 7.61. The molecule has 0 saturated heterocycles. The first-order valence-electron chi connectivity index (χ1n) is 5.41. The standard InChI is InChI=1S/C11H17BrN2O2S/c1-3-7-13-17(15,16)14(2)9-10-5-4-6-11(12)8-10/h4-6,8,13H,3,7,9H2,1-2H3. The Morgan fingerprint density at radius 3 is 2.71 bits per heavy atom. The van der Waals surface area contributed by atoms with Crippen LogP contribution in [0.25, 0.3) is 0 Å². The number of benzene rings is 1. The van der Waals surface area contributed by atoms with Gasteiger partial charge in [0.1, 0.15) is 0 Å².